The minimum atomic E-state index is 0.106. The van der Waals surface area contributed by atoms with Gasteiger partial charge in [0, 0.05) is 28.9 Å². The van der Waals surface area contributed by atoms with Crippen molar-refractivity contribution in [1.29, 1.82) is 0 Å². The fraction of sp³-hybridized carbons (Fsp3) is 0.257. The summed E-state index contributed by atoms with van der Waals surface area (Å²) in [6, 6.07) is 24.3. The molecule has 1 heterocycles. The number of hydrogen-bond donors (Lipinski definition) is 1. The maximum atomic E-state index is 5.80. The van der Waals surface area contributed by atoms with Crippen molar-refractivity contribution in [3.8, 4) is 11.1 Å². The average molecular weight is 488 g/mol. The van der Waals surface area contributed by atoms with Gasteiger partial charge in [0.15, 0.2) is 0 Å². The third-order valence-corrected chi connectivity index (χ3v) is 7.96. The molecule has 3 aromatic carbocycles. The van der Waals surface area contributed by atoms with Gasteiger partial charge < -0.3 is 9.72 Å². The SMILES string of the molecule is C=CC(C1=C(CCC)c2ccc(-c3ccc(C)cc3)cc2C1)C(Cc1c[nH]c2ccccc12)C(=C)OC. The van der Waals surface area contributed by atoms with Crippen molar-refractivity contribution in [2.45, 2.75) is 39.5 Å². The highest BCUT2D eigenvalue weighted by Gasteiger charge is 2.32. The van der Waals surface area contributed by atoms with E-state index in [0.717, 1.165) is 37.0 Å². The first-order chi connectivity index (χ1) is 18.0. The molecule has 0 spiro atoms. The molecule has 2 unspecified atom stereocenters. The fourth-order valence-corrected chi connectivity index (χ4v) is 5.99. The monoisotopic (exact) mass is 487 g/mol. The van der Waals surface area contributed by atoms with E-state index in [9.17, 15) is 0 Å². The molecule has 0 saturated carbocycles. The van der Waals surface area contributed by atoms with E-state index >= 15 is 0 Å². The van der Waals surface area contributed by atoms with Gasteiger partial charge in [-0.05, 0) is 65.6 Å². The zero-order valence-corrected chi connectivity index (χ0v) is 22.3. The van der Waals surface area contributed by atoms with E-state index < -0.39 is 0 Å². The Morgan fingerprint density at radius 1 is 1.05 bits per heavy atom. The van der Waals surface area contributed by atoms with Crippen molar-refractivity contribution in [2.75, 3.05) is 7.11 Å². The summed E-state index contributed by atoms with van der Waals surface area (Å²) in [6.45, 7) is 13.1. The number of H-pyrrole nitrogens is 1. The molecule has 0 amide bonds. The molecule has 1 aromatic heterocycles. The van der Waals surface area contributed by atoms with E-state index in [0.29, 0.717) is 0 Å². The molecule has 1 N–H and O–H groups in total. The number of benzene rings is 3. The molecular formula is C35H37NO. The molecule has 0 radical (unpaired) electrons. The highest BCUT2D eigenvalue weighted by Crippen LogP contribution is 2.45. The summed E-state index contributed by atoms with van der Waals surface area (Å²) in [6.07, 6.45) is 8.24. The van der Waals surface area contributed by atoms with Gasteiger partial charge in [-0.1, -0.05) is 97.8 Å². The van der Waals surface area contributed by atoms with Crippen LogP contribution in [0.15, 0.2) is 103 Å². The van der Waals surface area contributed by atoms with Crippen LogP contribution in [-0.4, -0.2) is 12.1 Å². The lowest BCUT2D eigenvalue weighted by Crippen LogP contribution is -2.21. The Kier molecular flexibility index (Phi) is 7.19. The van der Waals surface area contributed by atoms with Crippen LogP contribution in [0.1, 0.15) is 42.0 Å². The maximum absolute atomic E-state index is 5.80. The van der Waals surface area contributed by atoms with Crippen LogP contribution in [0, 0.1) is 18.8 Å². The molecule has 0 saturated heterocycles. The van der Waals surface area contributed by atoms with Crippen LogP contribution in [-0.2, 0) is 17.6 Å². The van der Waals surface area contributed by atoms with Gasteiger partial charge in [0.05, 0.1) is 12.9 Å². The summed E-state index contributed by atoms with van der Waals surface area (Å²) in [7, 11) is 1.74. The maximum Gasteiger partial charge on any atom is 0.0927 e. The lowest BCUT2D eigenvalue weighted by atomic mass is 9.78. The summed E-state index contributed by atoms with van der Waals surface area (Å²) in [5.41, 5.74) is 12.0. The first-order valence-corrected chi connectivity index (χ1v) is 13.4. The topological polar surface area (TPSA) is 25.0 Å². The first kappa shape index (κ1) is 24.9. The highest BCUT2D eigenvalue weighted by molar-refractivity contribution is 5.83. The third kappa shape index (κ3) is 4.81. The van der Waals surface area contributed by atoms with E-state index in [1.165, 1.54) is 49.9 Å². The van der Waals surface area contributed by atoms with Crippen molar-refractivity contribution >= 4 is 16.5 Å². The van der Waals surface area contributed by atoms with Crippen molar-refractivity contribution in [3.63, 3.8) is 0 Å². The largest absolute Gasteiger partial charge is 0.501 e. The van der Waals surface area contributed by atoms with E-state index in [2.05, 4.69) is 111 Å². The lowest BCUT2D eigenvalue weighted by molar-refractivity contribution is 0.226. The summed E-state index contributed by atoms with van der Waals surface area (Å²) in [5.74, 6) is 1.07. The Morgan fingerprint density at radius 2 is 1.81 bits per heavy atom. The van der Waals surface area contributed by atoms with Crippen LogP contribution in [0.25, 0.3) is 27.6 Å². The van der Waals surface area contributed by atoms with Crippen LogP contribution in [0.5, 0.6) is 0 Å². The normalized spacial score (nSPS) is 14.5. The summed E-state index contributed by atoms with van der Waals surface area (Å²) < 4.78 is 5.80. The molecule has 188 valence electrons. The number of methoxy groups -OCH3 is 1. The number of aryl methyl sites for hydroxylation is 1. The predicted octanol–water partition coefficient (Wildman–Crippen LogP) is 9.07. The number of allylic oxidation sites excluding steroid dienone is 4. The molecule has 0 fully saturated rings. The summed E-state index contributed by atoms with van der Waals surface area (Å²) >= 11 is 0. The predicted molar refractivity (Wildman–Crippen MR) is 157 cm³/mol. The number of rotatable bonds is 10. The molecular weight excluding hydrogens is 450 g/mol. The van der Waals surface area contributed by atoms with Gasteiger partial charge in [-0.3, -0.25) is 0 Å². The van der Waals surface area contributed by atoms with Crippen molar-refractivity contribution in [1.82, 2.24) is 4.98 Å². The number of ether oxygens (including phenoxy) is 1. The lowest BCUT2D eigenvalue weighted by Gasteiger charge is -2.28. The number of fused-ring (bicyclic) bond motifs is 2. The second-order valence-electron chi connectivity index (χ2n) is 10.3. The number of nitrogens with one attached hydrogen (secondary N) is 1. The number of para-hydroxylation sites is 1. The second kappa shape index (κ2) is 10.7. The zero-order valence-electron chi connectivity index (χ0n) is 22.3. The Morgan fingerprint density at radius 3 is 2.54 bits per heavy atom. The quantitative estimate of drug-likeness (QED) is 0.175. The van der Waals surface area contributed by atoms with Gasteiger partial charge in [-0.15, -0.1) is 6.58 Å². The second-order valence-corrected chi connectivity index (χ2v) is 10.3. The molecule has 2 heteroatoms. The van der Waals surface area contributed by atoms with Crippen molar-refractivity contribution in [2.24, 2.45) is 11.8 Å². The first-order valence-electron chi connectivity index (χ1n) is 13.4. The van der Waals surface area contributed by atoms with Gasteiger partial charge in [0.1, 0.15) is 0 Å². The van der Waals surface area contributed by atoms with Crippen LogP contribution in [0.3, 0.4) is 0 Å². The van der Waals surface area contributed by atoms with Gasteiger partial charge in [-0.25, -0.2) is 0 Å². The molecule has 0 bridgehead atoms. The zero-order chi connectivity index (χ0) is 25.9. The van der Waals surface area contributed by atoms with Gasteiger partial charge in [0.2, 0.25) is 0 Å². The highest BCUT2D eigenvalue weighted by atomic mass is 16.5. The number of aromatic amines is 1. The molecule has 2 atom stereocenters. The van der Waals surface area contributed by atoms with Crippen LogP contribution in [0.2, 0.25) is 0 Å². The Bertz CT molecular complexity index is 1470. The molecule has 5 rings (SSSR count). The van der Waals surface area contributed by atoms with Crippen LogP contribution < -0.4 is 0 Å². The van der Waals surface area contributed by atoms with Crippen molar-refractivity contribution < 1.29 is 4.74 Å². The Hall–Kier alpha value is -3.78. The van der Waals surface area contributed by atoms with Gasteiger partial charge in [0.25, 0.3) is 0 Å². The Labute approximate surface area is 221 Å². The van der Waals surface area contributed by atoms with Crippen LogP contribution >= 0.6 is 0 Å². The molecule has 37 heavy (non-hydrogen) atoms. The minimum absolute atomic E-state index is 0.106. The average Bonchev–Trinajstić information content (AvgIpc) is 3.50. The third-order valence-electron chi connectivity index (χ3n) is 7.96. The van der Waals surface area contributed by atoms with E-state index in [1.54, 1.807) is 7.11 Å². The molecule has 2 nitrogen and oxygen atoms in total. The van der Waals surface area contributed by atoms with Gasteiger partial charge in [-0.2, -0.15) is 0 Å². The summed E-state index contributed by atoms with van der Waals surface area (Å²) in [4.78, 5) is 3.44. The molecule has 0 aliphatic heterocycles. The number of hydrogen-bond acceptors (Lipinski definition) is 1. The number of aromatic nitrogens is 1. The van der Waals surface area contributed by atoms with E-state index in [-0.39, 0.29) is 11.8 Å². The standard InChI is InChI=1S/C35H37NO/c1-6-10-32-30-18-17-26(25-15-13-23(3)14-16-25)19-27(30)20-34(32)29(7-2)33(24(4)37-5)21-28-22-36-35-12-9-8-11-31(28)35/h7-9,11-19,22,29,33,36H,2,4,6,10,20-21H2,1,3,5H3. The molecule has 1 aliphatic carbocycles. The van der Waals surface area contributed by atoms with E-state index in [4.69, 9.17) is 4.74 Å². The van der Waals surface area contributed by atoms with E-state index in [1.807, 2.05) is 0 Å². The fourth-order valence-electron chi connectivity index (χ4n) is 5.99. The molecule has 4 aromatic rings. The van der Waals surface area contributed by atoms with Crippen molar-refractivity contribution in [3.05, 3.63) is 126 Å². The summed E-state index contributed by atoms with van der Waals surface area (Å²) in [5, 5.41) is 1.26. The molecule has 1 aliphatic rings. The Balaban J connectivity index is 1.52. The van der Waals surface area contributed by atoms with Gasteiger partial charge >= 0.3 is 0 Å². The smallest absolute Gasteiger partial charge is 0.0927 e. The van der Waals surface area contributed by atoms with Crippen LogP contribution in [0.4, 0.5) is 0 Å². The minimum Gasteiger partial charge on any atom is -0.501 e.